The van der Waals surface area contributed by atoms with E-state index >= 15 is 0 Å². The predicted octanol–water partition coefficient (Wildman–Crippen LogP) is 4.85. The van der Waals surface area contributed by atoms with Crippen molar-refractivity contribution in [3.8, 4) is 28.3 Å². The zero-order chi connectivity index (χ0) is 29.4. The number of imidazole rings is 1. The zero-order valence-corrected chi connectivity index (χ0v) is 25.1. The van der Waals surface area contributed by atoms with Gasteiger partial charge in [0.05, 0.1) is 48.5 Å². The number of fused-ring (bicyclic) bond motifs is 1. The molecule has 2 aromatic carbocycles. The highest BCUT2D eigenvalue weighted by Gasteiger charge is 2.25. The second-order valence-electron chi connectivity index (χ2n) is 11.0. The quantitative estimate of drug-likeness (QED) is 0.305. The van der Waals surface area contributed by atoms with Crippen LogP contribution in [0.15, 0.2) is 48.5 Å². The minimum Gasteiger partial charge on any atom is -0.481 e. The molecule has 1 saturated heterocycles. The summed E-state index contributed by atoms with van der Waals surface area (Å²) in [6, 6.07) is 16.2. The summed E-state index contributed by atoms with van der Waals surface area (Å²) in [5, 5.41) is 6.94. The van der Waals surface area contributed by atoms with Crippen LogP contribution in [0.1, 0.15) is 33.1 Å². The molecule has 0 unspecified atom stereocenters. The molecule has 10 heteroatoms. The lowest BCUT2D eigenvalue weighted by atomic mass is 9.94. The minimum absolute atomic E-state index is 0.283. The Morgan fingerprint density at radius 2 is 1.83 bits per heavy atom. The molecule has 2 aliphatic rings. The van der Waals surface area contributed by atoms with Gasteiger partial charge in [-0.15, -0.1) is 0 Å². The van der Waals surface area contributed by atoms with E-state index in [-0.39, 0.29) is 5.91 Å². The molecule has 0 radical (unpaired) electrons. The van der Waals surface area contributed by atoms with Gasteiger partial charge in [0.15, 0.2) is 5.82 Å². The summed E-state index contributed by atoms with van der Waals surface area (Å²) < 4.78 is 12.8. The largest absolute Gasteiger partial charge is 0.481 e. The van der Waals surface area contributed by atoms with Crippen molar-refractivity contribution in [2.75, 3.05) is 39.2 Å². The molecule has 1 fully saturated rings. The van der Waals surface area contributed by atoms with Crippen LogP contribution < -0.4 is 15.4 Å². The number of pyridine rings is 1. The van der Waals surface area contributed by atoms with Crippen molar-refractivity contribution in [2.24, 2.45) is 7.05 Å². The van der Waals surface area contributed by atoms with Gasteiger partial charge in [0.25, 0.3) is 5.91 Å². The van der Waals surface area contributed by atoms with Crippen molar-refractivity contribution in [1.82, 2.24) is 24.8 Å². The third-order valence-corrected chi connectivity index (χ3v) is 8.56. The summed E-state index contributed by atoms with van der Waals surface area (Å²) in [6.45, 7) is 5.86. The molecule has 9 nitrogen and oxygen atoms in total. The third kappa shape index (κ3) is 5.41. The first kappa shape index (κ1) is 28.4. The fourth-order valence-corrected chi connectivity index (χ4v) is 5.90. The second-order valence-corrected chi connectivity index (χ2v) is 11.3. The fraction of sp³-hybridized carbons (Fsp3) is 0.344. The number of carbonyl (C=O) groups is 1. The van der Waals surface area contributed by atoms with Gasteiger partial charge in [-0.25, -0.2) is 9.97 Å². The van der Waals surface area contributed by atoms with Crippen molar-refractivity contribution in [2.45, 2.75) is 32.5 Å². The maximum absolute atomic E-state index is 13.3. The van der Waals surface area contributed by atoms with Crippen LogP contribution in [0.25, 0.3) is 22.4 Å². The van der Waals surface area contributed by atoms with E-state index in [1.165, 1.54) is 0 Å². The van der Waals surface area contributed by atoms with E-state index in [4.69, 9.17) is 26.1 Å². The molecule has 42 heavy (non-hydrogen) atoms. The first-order chi connectivity index (χ1) is 20.3. The SMILES string of the molecule is COc1nc(-c2cccc(-c3cccc(NC(=O)c4nc5c(n4C)CCN(C)C5)c3Cl)c2C)ccc1CNC1COC1. The Bertz CT molecular complexity index is 1650. The topological polar surface area (TPSA) is 93.5 Å². The van der Waals surface area contributed by atoms with E-state index in [1.54, 1.807) is 7.11 Å². The molecular weight excluding hydrogens is 552 g/mol. The summed E-state index contributed by atoms with van der Waals surface area (Å²) in [5.41, 5.74) is 8.18. The van der Waals surface area contributed by atoms with Crippen LogP contribution in [0, 0.1) is 6.92 Å². The smallest absolute Gasteiger partial charge is 0.291 e. The van der Waals surface area contributed by atoms with E-state index < -0.39 is 0 Å². The van der Waals surface area contributed by atoms with Crippen LogP contribution in [-0.2, 0) is 31.3 Å². The number of amides is 1. The van der Waals surface area contributed by atoms with Crippen molar-refractivity contribution < 1.29 is 14.3 Å². The van der Waals surface area contributed by atoms with Crippen LogP contribution in [0.4, 0.5) is 5.69 Å². The van der Waals surface area contributed by atoms with Crippen LogP contribution in [-0.4, -0.2) is 65.3 Å². The highest BCUT2D eigenvalue weighted by atomic mass is 35.5. The molecule has 1 amide bonds. The van der Waals surface area contributed by atoms with Crippen LogP contribution in [0.2, 0.25) is 5.02 Å². The molecule has 4 aromatic rings. The van der Waals surface area contributed by atoms with E-state index in [9.17, 15) is 4.79 Å². The van der Waals surface area contributed by atoms with Crippen molar-refractivity contribution >= 4 is 23.2 Å². The number of nitrogens with zero attached hydrogens (tertiary/aromatic N) is 4. The lowest BCUT2D eigenvalue weighted by Gasteiger charge is -2.27. The molecule has 4 heterocycles. The van der Waals surface area contributed by atoms with Gasteiger partial charge in [-0.2, -0.15) is 0 Å². The maximum Gasteiger partial charge on any atom is 0.291 e. The highest BCUT2D eigenvalue weighted by Crippen LogP contribution is 2.38. The monoisotopic (exact) mass is 586 g/mol. The molecule has 0 bridgehead atoms. The zero-order valence-electron chi connectivity index (χ0n) is 24.3. The van der Waals surface area contributed by atoms with Gasteiger partial charge in [-0.3, -0.25) is 4.79 Å². The lowest BCUT2D eigenvalue weighted by Crippen LogP contribution is -2.45. The average Bonchev–Trinajstić information content (AvgIpc) is 3.29. The number of aromatic nitrogens is 3. The number of hydrogen-bond acceptors (Lipinski definition) is 7. The number of likely N-dealkylation sites (N-methyl/N-ethyl adjacent to an activating group) is 1. The van der Waals surface area contributed by atoms with Gasteiger partial charge < -0.3 is 29.6 Å². The van der Waals surface area contributed by atoms with Crippen LogP contribution >= 0.6 is 11.6 Å². The van der Waals surface area contributed by atoms with Gasteiger partial charge in [-0.05, 0) is 37.2 Å². The molecule has 218 valence electrons. The predicted molar refractivity (Wildman–Crippen MR) is 164 cm³/mol. The van der Waals surface area contributed by atoms with Gasteiger partial charge in [0.1, 0.15) is 0 Å². The van der Waals surface area contributed by atoms with E-state index in [0.29, 0.717) is 35.0 Å². The minimum atomic E-state index is -0.283. The molecule has 0 aliphatic carbocycles. The number of ether oxygens (including phenoxy) is 2. The van der Waals surface area contributed by atoms with Gasteiger partial charge in [-0.1, -0.05) is 48.0 Å². The van der Waals surface area contributed by atoms with E-state index in [0.717, 1.165) is 77.6 Å². The summed E-state index contributed by atoms with van der Waals surface area (Å²) in [4.78, 5) is 25.0. The molecule has 6 rings (SSSR count). The Labute approximate surface area is 250 Å². The molecule has 0 spiro atoms. The van der Waals surface area contributed by atoms with Gasteiger partial charge in [0.2, 0.25) is 5.88 Å². The fourth-order valence-electron chi connectivity index (χ4n) is 5.62. The Morgan fingerprint density at radius 3 is 2.60 bits per heavy atom. The number of rotatable bonds is 8. The van der Waals surface area contributed by atoms with E-state index in [1.807, 2.05) is 54.1 Å². The van der Waals surface area contributed by atoms with Gasteiger partial charge in [0, 0.05) is 55.5 Å². The van der Waals surface area contributed by atoms with E-state index in [2.05, 4.69) is 40.6 Å². The summed E-state index contributed by atoms with van der Waals surface area (Å²) >= 11 is 6.95. The van der Waals surface area contributed by atoms with Crippen molar-refractivity contribution in [1.29, 1.82) is 0 Å². The summed E-state index contributed by atoms with van der Waals surface area (Å²) in [5.74, 6) is 0.694. The summed E-state index contributed by atoms with van der Waals surface area (Å²) in [7, 11) is 5.60. The molecule has 2 aliphatic heterocycles. The maximum atomic E-state index is 13.3. The first-order valence-corrected chi connectivity index (χ1v) is 14.5. The number of halogens is 1. The van der Waals surface area contributed by atoms with Crippen molar-refractivity contribution in [3.63, 3.8) is 0 Å². The van der Waals surface area contributed by atoms with Crippen LogP contribution in [0.5, 0.6) is 5.88 Å². The molecule has 0 saturated carbocycles. The molecule has 2 N–H and O–H groups in total. The Hall–Kier alpha value is -3.76. The van der Waals surface area contributed by atoms with Gasteiger partial charge >= 0.3 is 0 Å². The number of carbonyl (C=O) groups excluding carboxylic acids is 1. The molecule has 0 atom stereocenters. The van der Waals surface area contributed by atoms with Crippen molar-refractivity contribution in [3.05, 3.63) is 81.9 Å². The Kier molecular flexibility index (Phi) is 8.00. The Morgan fingerprint density at radius 1 is 1.07 bits per heavy atom. The lowest BCUT2D eigenvalue weighted by molar-refractivity contribution is -0.00586. The highest BCUT2D eigenvalue weighted by molar-refractivity contribution is 6.36. The number of nitrogens with one attached hydrogen (secondary N) is 2. The average molecular weight is 587 g/mol. The Balaban J connectivity index is 1.27. The van der Waals surface area contributed by atoms with Crippen LogP contribution in [0.3, 0.4) is 0 Å². The third-order valence-electron chi connectivity index (χ3n) is 8.15. The molecule has 2 aromatic heterocycles. The summed E-state index contributed by atoms with van der Waals surface area (Å²) in [6.07, 6.45) is 0.866. The number of hydrogen-bond donors (Lipinski definition) is 2. The number of methoxy groups -OCH3 is 1. The first-order valence-electron chi connectivity index (χ1n) is 14.1. The standard InChI is InChI=1S/C32H35ClN6O3/c1-19-22(7-5-8-23(19)25-12-11-20(32(37-25)41-4)15-34-21-17-42-18-21)24-9-6-10-26(29(24)33)36-31(40)30-35-27-16-38(2)14-13-28(27)39(30)3/h5-12,21,34H,13-18H2,1-4H3,(H,36,40). The normalized spacial score (nSPS) is 15.3. The number of benzene rings is 2. The molecular formula is C32H35ClN6O3. The second kappa shape index (κ2) is 11.9. The number of anilines is 1.